The van der Waals surface area contributed by atoms with E-state index in [2.05, 4.69) is 10.1 Å². The standard InChI is InChI=1S/C9H18N2O4/c1-9(2,3)15-8(13)11-6(10)5-7(12)14-4/h6H,5,10H2,1-4H3,(H,11,13)/t6-/m1/s1. The number of amides is 1. The zero-order valence-corrected chi connectivity index (χ0v) is 9.49. The maximum atomic E-state index is 11.2. The lowest BCUT2D eigenvalue weighted by atomic mass is 10.2. The molecule has 0 bridgehead atoms. The Morgan fingerprint density at radius 3 is 2.33 bits per heavy atom. The maximum absolute atomic E-state index is 11.2. The molecule has 0 heterocycles. The van der Waals surface area contributed by atoms with Crippen LogP contribution in [0.2, 0.25) is 0 Å². The van der Waals surface area contributed by atoms with Crippen molar-refractivity contribution in [3.05, 3.63) is 0 Å². The Bertz CT molecular complexity index is 235. The molecule has 0 aromatic heterocycles. The zero-order valence-electron chi connectivity index (χ0n) is 9.49. The minimum Gasteiger partial charge on any atom is -0.469 e. The van der Waals surface area contributed by atoms with Crippen LogP contribution in [0, 0.1) is 0 Å². The highest BCUT2D eigenvalue weighted by molar-refractivity contribution is 5.72. The molecule has 6 nitrogen and oxygen atoms in total. The van der Waals surface area contributed by atoms with E-state index in [0.29, 0.717) is 0 Å². The SMILES string of the molecule is COC(=O)C[C@H](N)NC(=O)OC(C)(C)C. The van der Waals surface area contributed by atoms with Gasteiger partial charge in [0.2, 0.25) is 0 Å². The molecule has 0 aromatic carbocycles. The minimum atomic E-state index is -0.799. The van der Waals surface area contributed by atoms with Crippen LogP contribution in [-0.2, 0) is 14.3 Å². The van der Waals surface area contributed by atoms with Gasteiger partial charge in [-0.1, -0.05) is 0 Å². The summed E-state index contributed by atoms with van der Waals surface area (Å²) < 4.78 is 9.33. The first-order chi connectivity index (χ1) is 6.74. The van der Waals surface area contributed by atoms with Gasteiger partial charge < -0.3 is 20.5 Å². The molecular weight excluding hydrogens is 200 g/mol. The van der Waals surface area contributed by atoms with Crippen LogP contribution in [0.3, 0.4) is 0 Å². The molecule has 0 fully saturated rings. The molecule has 0 aliphatic heterocycles. The third kappa shape index (κ3) is 7.75. The summed E-state index contributed by atoms with van der Waals surface area (Å²) in [6.45, 7) is 5.20. The van der Waals surface area contributed by atoms with Crippen molar-refractivity contribution in [1.29, 1.82) is 0 Å². The van der Waals surface area contributed by atoms with Gasteiger partial charge in [-0.25, -0.2) is 4.79 Å². The first kappa shape index (κ1) is 13.7. The second kappa shape index (κ2) is 5.55. The molecule has 6 heteroatoms. The normalized spacial score (nSPS) is 12.9. The highest BCUT2D eigenvalue weighted by Gasteiger charge is 2.19. The number of alkyl carbamates (subject to hydrolysis) is 1. The summed E-state index contributed by atoms with van der Waals surface area (Å²) in [5, 5.41) is 2.32. The lowest BCUT2D eigenvalue weighted by Gasteiger charge is -2.21. The minimum absolute atomic E-state index is 0.0876. The van der Waals surface area contributed by atoms with E-state index in [1.165, 1.54) is 7.11 Å². The van der Waals surface area contributed by atoms with E-state index in [1.807, 2.05) is 0 Å². The quantitative estimate of drug-likeness (QED) is 0.527. The van der Waals surface area contributed by atoms with E-state index in [-0.39, 0.29) is 6.42 Å². The van der Waals surface area contributed by atoms with Gasteiger partial charge in [-0.15, -0.1) is 0 Å². The fraction of sp³-hybridized carbons (Fsp3) is 0.778. The van der Waals surface area contributed by atoms with Crippen LogP contribution in [0.15, 0.2) is 0 Å². The fourth-order valence-electron chi connectivity index (χ4n) is 0.773. The summed E-state index contributed by atoms with van der Waals surface area (Å²) in [6, 6.07) is 0. The number of rotatable bonds is 3. The third-order valence-corrected chi connectivity index (χ3v) is 1.32. The molecular formula is C9H18N2O4. The van der Waals surface area contributed by atoms with Crippen LogP contribution in [0.4, 0.5) is 4.79 Å². The number of nitrogens with two attached hydrogens (primary N) is 1. The van der Waals surface area contributed by atoms with Crippen LogP contribution in [0.1, 0.15) is 27.2 Å². The summed E-state index contributed by atoms with van der Waals surface area (Å²) >= 11 is 0. The first-order valence-electron chi connectivity index (χ1n) is 4.56. The van der Waals surface area contributed by atoms with E-state index in [1.54, 1.807) is 20.8 Å². The molecule has 0 rings (SSSR count). The summed E-state index contributed by atoms with van der Waals surface area (Å²) in [4.78, 5) is 22.0. The number of carbonyl (C=O) groups is 2. The monoisotopic (exact) mass is 218 g/mol. The smallest absolute Gasteiger partial charge is 0.408 e. The van der Waals surface area contributed by atoms with E-state index in [4.69, 9.17) is 10.5 Å². The van der Waals surface area contributed by atoms with Gasteiger partial charge in [-0.2, -0.15) is 0 Å². The molecule has 3 N–H and O–H groups in total. The summed E-state index contributed by atoms with van der Waals surface area (Å²) in [6.07, 6.45) is -1.54. The van der Waals surface area contributed by atoms with Crippen LogP contribution in [-0.4, -0.2) is 30.9 Å². The second-order valence-corrected chi connectivity index (χ2v) is 4.03. The number of ether oxygens (including phenoxy) is 2. The predicted octanol–water partition coefficient (Wildman–Crippen LogP) is 0.359. The van der Waals surface area contributed by atoms with Crippen LogP contribution in [0.5, 0.6) is 0 Å². The van der Waals surface area contributed by atoms with Gasteiger partial charge in [0.05, 0.1) is 19.7 Å². The van der Waals surface area contributed by atoms with Crippen molar-refractivity contribution < 1.29 is 19.1 Å². The molecule has 0 aromatic rings. The Morgan fingerprint density at radius 2 is 1.93 bits per heavy atom. The highest BCUT2D eigenvalue weighted by atomic mass is 16.6. The van der Waals surface area contributed by atoms with Gasteiger partial charge in [0.15, 0.2) is 0 Å². The molecule has 0 aliphatic carbocycles. The molecule has 1 amide bonds. The molecule has 0 unspecified atom stereocenters. The average molecular weight is 218 g/mol. The number of esters is 1. The van der Waals surface area contributed by atoms with Gasteiger partial charge in [0.1, 0.15) is 5.60 Å². The highest BCUT2D eigenvalue weighted by Crippen LogP contribution is 2.06. The van der Waals surface area contributed by atoms with Gasteiger partial charge >= 0.3 is 12.1 Å². The van der Waals surface area contributed by atoms with Crippen molar-refractivity contribution in [3.63, 3.8) is 0 Å². The number of carbonyl (C=O) groups excluding carboxylic acids is 2. The number of hydrogen-bond acceptors (Lipinski definition) is 5. The summed E-state index contributed by atoms with van der Waals surface area (Å²) in [5.74, 6) is -0.487. The van der Waals surface area contributed by atoms with Gasteiger partial charge in [0, 0.05) is 0 Å². The van der Waals surface area contributed by atoms with E-state index < -0.39 is 23.8 Å². The lowest BCUT2D eigenvalue weighted by Crippen LogP contribution is -2.45. The molecule has 0 saturated heterocycles. The van der Waals surface area contributed by atoms with Crippen LogP contribution >= 0.6 is 0 Å². The second-order valence-electron chi connectivity index (χ2n) is 4.03. The van der Waals surface area contributed by atoms with Crippen molar-refractivity contribution in [3.8, 4) is 0 Å². The Balaban J connectivity index is 3.92. The van der Waals surface area contributed by atoms with Crippen molar-refractivity contribution in [2.75, 3.05) is 7.11 Å². The van der Waals surface area contributed by atoms with Crippen molar-refractivity contribution in [1.82, 2.24) is 5.32 Å². The maximum Gasteiger partial charge on any atom is 0.408 e. The summed E-state index contributed by atoms with van der Waals surface area (Å²) in [5.41, 5.74) is 4.87. The molecule has 15 heavy (non-hydrogen) atoms. The molecule has 1 atom stereocenters. The van der Waals surface area contributed by atoms with Gasteiger partial charge in [-0.3, -0.25) is 4.79 Å². The van der Waals surface area contributed by atoms with Gasteiger partial charge in [-0.05, 0) is 20.8 Å². The number of hydrogen-bond donors (Lipinski definition) is 2. The number of nitrogens with one attached hydrogen (secondary N) is 1. The van der Waals surface area contributed by atoms with E-state index >= 15 is 0 Å². The van der Waals surface area contributed by atoms with E-state index in [9.17, 15) is 9.59 Å². The molecule has 0 saturated carbocycles. The summed E-state index contributed by atoms with van der Waals surface area (Å²) in [7, 11) is 1.25. The molecule has 0 radical (unpaired) electrons. The van der Waals surface area contributed by atoms with Crippen molar-refractivity contribution in [2.45, 2.75) is 39.0 Å². The van der Waals surface area contributed by atoms with E-state index in [0.717, 1.165) is 0 Å². The molecule has 0 aliphatic rings. The number of methoxy groups -OCH3 is 1. The Labute approximate surface area is 89.1 Å². The van der Waals surface area contributed by atoms with Crippen LogP contribution in [0.25, 0.3) is 0 Å². The fourth-order valence-corrected chi connectivity index (χ4v) is 0.773. The zero-order chi connectivity index (χ0) is 12.1. The Kier molecular flexibility index (Phi) is 5.07. The largest absolute Gasteiger partial charge is 0.469 e. The lowest BCUT2D eigenvalue weighted by molar-refractivity contribution is -0.141. The molecule has 88 valence electrons. The predicted molar refractivity (Wildman–Crippen MR) is 54.0 cm³/mol. The molecule has 0 spiro atoms. The third-order valence-electron chi connectivity index (χ3n) is 1.32. The average Bonchev–Trinajstić information content (AvgIpc) is 1.99. The Morgan fingerprint density at radius 1 is 1.40 bits per heavy atom. The topological polar surface area (TPSA) is 90.6 Å². The first-order valence-corrected chi connectivity index (χ1v) is 4.56. The van der Waals surface area contributed by atoms with Crippen molar-refractivity contribution >= 4 is 12.1 Å². The van der Waals surface area contributed by atoms with Crippen molar-refractivity contribution in [2.24, 2.45) is 5.73 Å². The van der Waals surface area contributed by atoms with Gasteiger partial charge in [0.25, 0.3) is 0 Å². The van der Waals surface area contributed by atoms with Crippen LogP contribution < -0.4 is 11.1 Å². The Hall–Kier alpha value is -1.30.